The molecule has 0 bridgehead atoms. The highest BCUT2D eigenvalue weighted by Gasteiger charge is 2.47. The molecule has 2 aliphatic heterocycles. The molecule has 3 atom stereocenters. The summed E-state index contributed by atoms with van der Waals surface area (Å²) in [4.78, 5) is 35.0. The predicted molar refractivity (Wildman–Crippen MR) is 141 cm³/mol. The van der Waals surface area contributed by atoms with Crippen LogP contribution in [-0.2, 0) is 6.42 Å². The number of benzene rings is 2. The molecule has 3 aliphatic rings. The molecule has 1 aliphatic carbocycles. The standard InChI is InChI=1S/C29H31N3O3S/c1-17-6-3-8-20(14-17)27-26(31-18(2)36-27)29(34)32-21(15-19-7-4-10-24(19)32)16-30-28(33)23-9-5-11-25-22(23)12-13-35-25/h3,5-6,8-9,11,14,19,21,24H,4,7,10,12-13,15-16H2,1-2H3,(H,30,33)/t19-,21-,24-/m0/s1. The molecular weight excluding hydrogens is 470 g/mol. The summed E-state index contributed by atoms with van der Waals surface area (Å²) >= 11 is 1.58. The van der Waals surface area contributed by atoms with E-state index in [4.69, 9.17) is 9.72 Å². The summed E-state index contributed by atoms with van der Waals surface area (Å²) in [5.41, 5.74) is 4.40. The lowest BCUT2D eigenvalue weighted by Gasteiger charge is -2.30. The largest absolute Gasteiger partial charge is 0.493 e. The van der Waals surface area contributed by atoms with Gasteiger partial charge < -0.3 is 15.0 Å². The van der Waals surface area contributed by atoms with Crippen molar-refractivity contribution in [2.24, 2.45) is 5.92 Å². The topological polar surface area (TPSA) is 71.5 Å². The van der Waals surface area contributed by atoms with E-state index in [-0.39, 0.29) is 23.9 Å². The van der Waals surface area contributed by atoms with E-state index in [1.54, 1.807) is 11.3 Å². The Balaban J connectivity index is 1.26. The van der Waals surface area contributed by atoms with Gasteiger partial charge in [-0.05, 0) is 56.7 Å². The van der Waals surface area contributed by atoms with E-state index >= 15 is 0 Å². The molecule has 36 heavy (non-hydrogen) atoms. The monoisotopic (exact) mass is 501 g/mol. The number of aromatic nitrogens is 1. The summed E-state index contributed by atoms with van der Waals surface area (Å²) in [6.45, 7) is 5.09. The summed E-state index contributed by atoms with van der Waals surface area (Å²) < 4.78 is 5.63. The van der Waals surface area contributed by atoms with E-state index in [1.807, 2.05) is 31.2 Å². The Bertz CT molecular complexity index is 1330. The van der Waals surface area contributed by atoms with Crippen molar-refractivity contribution in [3.63, 3.8) is 0 Å². The first kappa shape index (κ1) is 23.2. The Labute approximate surface area is 215 Å². The Hall–Kier alpha value is -3.19. The highest BCUT2D eigenvalue weighted by Crippen LogP contribution is 2.43. The van der Waals surface area contributed by atoms with Crippen molar-refractivity contribution < 1.29 is 14.3 Å². The Kier molecular flexibility index (Phi) is 6.04. The molecule has 7 heteroatoms. The average molecular weight is 502 g/mol. The molecule has 3 aromatic rings. The number of hydrogen-bond donors (Lipinski definition) is 1. The van der Waals surface area contributed by atoms with Crippen LogP contribution < -0.4 is 10.1 Å². The van der Waals surface area contributed by atoms with Crippen LogP contribution in [0.2, 0.25) is 0 Å². The van der Waals surface area contributed by atoms with Crippen molar-refractivity contribution in [3.8, 4) is 16.2 Å². The van der Waals surface area contributed by atoms with Gasteiger partial charge in [-0.2, -0.15) is 0 Å². The molecular formula is C29H31N3O3S. The average Bonchev–Trinajstić information content (AvgIpc) is 3.65. The van der Waals surface area contributed by atoms with Gasteiger partial charge in [0.25, 0.3) is 11.8 Å². The third-order valence-corrected chi connectivity index (χ3v) is 8.90. The number of likely N-dealkylation sites (tertiary alicyclic amines) is 1. The molecule has 1 aromatic heterocycles. The maximum absolute atomic E-state index is 14.1. The minimum atomic E-state index is -0.0910. The Morgan fingerprint density at radius 1 is 1.17 bits per heavy atom. The maximum atomic E-state index is 14.1. The lowest BCUT2D eigenvalue weighted by molar-refractivity contribution is 0.0645. The molecule has 3 heterocycles. The number of aryl methyl sites for hydroxylation is 2. The van der Waals surface area contributed by atoms with Gasteiger partial charge in [0.2, 0.25) is 0 Å². The molecule has 0 spiro atoms. The lowest BCUT2D eigenvalue weighted by atomic mass is 10.0. The second-order valence-electron chi connectivity index (χ2n) is 10.2. The van der Waals surface area contributed by atoms with Crippen molar-refractivity contribution >= 4 is 23.2 Å². The highest BCUT2D eigenvalue weighted by atomic mass is 32.1. The first-order valence-electron chi connectivity index (χ1n) is 12.9. The molecule has 1 saturated heterocycles. The number of ether oxygens (including phenoxy) is 1. The molecule has 186 valence electrons. The molecule has 1 saturated carbocycles. The van der Waals surface area contributed by atoms with Crippen LogP contribution in [0.4, 0.5) is 0 Å². The lowest BCUT2D eigenvalue weighted by Crippen LogP contribution is -2.46. The normalized spacial score (nSPS) is 22.3. The first-order valence-corrected chi connectivity index (χ1v) is 13.7. The number of carbonyl (C=O) groups is 2. The van der Waals surface area contributed by atoms with Crippen molar-refractivity contribution in [3.05, 3.63) is 69.9 Å². The summed E-state index contributed by atoms with van der Waals surface area (Å²) in [5, 5.41) is 4.04. The van der Waals surface area contributed by atoms with Gasteiger partial charge in [-0.3, -0.25) is 9.59 Å². The van der Waals surface area contributed by atoms with Crippen LogP contribution in [0.15, 0.2) is 42.5 Å². The van der Waals surface area contributed by atoms with Gasteiger partial charge in [0, 0.05) is 30.1 Å². The van der Waals surface area contributed by atoms with Gasteiger partial charge in [0.15, 0.2) is 0 Å². The van der Waals surface area contributed by atoms with Gasteiger partial charge in [-0.25, -0.2) is 4.98 Å². The van der Waals surface area contributed by atoms with Crippen LogP contribution in [0.3, 0.4) is 0 Å². The van der Waals surface area contributed by atoms with Gasteiger partial charge in [-0.1, -0.05) is 42.3 Å². The number of fused-ring (bicyclic) bond motifs is 2. The number of hydrogen-bond acceptors (Lipinski definition) is 5. The molecule has 6 rings (SSSR count). The van der Waals surface area contributed by atoms with Crippen molar-refractivity contribution in [1.29, 1.82) is 0 Å². The van der Waals surface area contributed by atoms with Crippen LogP contribution in [0, 0.1) is 19.8 Å². The minimum absolute atomic E-state index is 0.00138. The Morgan fingerprint density at radius 2 is 2.03 bits per heavy atom. The fourth-order valence-electron chi connectivity index (χ4n) is 6.31. The van der Waals surface area contributed by atoms with E-state index in [0.29, 0.717) is 30.3 Å². The van der Waals surface area contributed by atoms with Crippen molar-refractivity contribution in [2.45, 2.75) is 58.0 Å². The molecule has 2 amide bonds. The van der Waals surface area contributed by atoms with E-state index in [9.17, 15) is 9.59 Å². The smallest absolute Gasteiger partial charge is 0.274 e. The van der Waals surface area contributed by atoms with Crippen molar-refractivity contribution in [2.75, 3.05) is 13.2 Å². The summed E-state index contributed by atoms with van der Waals surface area (Å²) in [6, 6.07) is 14.1. The van der Waals surface area contributed by atoms with Crippen LogP contribution >= 0.6 is 11.3 Å². The van der Waals surface area contributed by atoms with Gasteiger partial charge in [-0.15, -0.1) is 11.3 Å². The van der Waals surface area contributed by atoms with Crippen LogP contribution in [-0.4, -0.2) is 46.9 Å². The molecule has 6 nitrogen and oxygen atoms in total. The molecule has 2 aromatic carbocycles. The third kappa shape index (κ3) is 4.09. The number of amides is 2. The Morgan fingerprint density at radius 3 is 2.89 bits per heavy atom. The zero-order valence-corrected chi connectivity index (χ0v) is 21.6. The fourth-order valence-corrected chi connectivity index (χ4v) is 7.21. The van der Waals surface area contributed by atoms with Gasteiger partial charge in [0.05, 0.1) is 22.5 Å². The van der Waals surface area contributed by atoms with Crippen molar-refractivity contribution in [1.82, 2.24) is 15.2 Å². The zero-order chi connectivity index (χ0) is 24.8. The molecule has 0 unspecified atom stereocenters. The second kappa shape index (κ2) is 9.36. The van der Waals surface area contributed by atoms with E-state index < -0.39 is 0 Å². The number of carbonyl (C=O) groups excluding carboxylic acids is 2. The van der Waals surface area contributed by atoms with Gasteiger partial charge >= 0.3 is 0 Å². The van der Waals surface area contributed by atoms with E-state index in [2.05, 4.69) is 35.3 Å². The second-order valence-corrected chi connectivity index (χ2v) is 11.4. The third-order valence-electron chi connectivity index (χ3n) is 7.88. The van der Waals surface area contributed by atoms with Crippen LogP contribution in [0.25, 0.3) is 10.4 Å². The van der Waals surface area contributed by atoms with Crippen LogP contribution in [0.5, 0.6) is 5.75 Å². The zero-order valence-electron chi connectivity index (χ0n) is 20.8. The van der Waals surface area contributed by atoms with Gasteiger partial charge in [0.1, 0.15) is 11.4 Å². The molecule has 1 N–H and O–H groups in total. The first-order chi connectivity index (χ1) is 17.5. The molecule has 0 radical (unpaired) electrons. The SMILES string of the molecule is Cc1cccc(-c2sc(C)nc2C(=O)N2[C@H](CNC(=O)c3cccc4c3CCO4)C[C@@H]3CCC[C@@H]32)c1. The molecule has 2 fully saturated rings. The fraction of sp³-hybridized carbons (Fsp3) is 0.414. The number of nitrogens with one attached hydrogen (secondary N) is 1. The number of nitrogens with zero attached hydrogens (tertiary/aromatic N) is 2. The quantitative estimate of drug-likeness (QED) is 0.523. The minimum Gasteiger partial charge on any atom is -0.493 e. The number of thiazole rings is 1. The van der Waals surface area contributed by atoms with E-state index in [1.165, 1.54) is 0 Å². The van der Waals surface area contributed by atoms with Crippen LogP contribution in [0.1, 0.15) is 62.7 Å². The number of rotatable bonds is 5. The highest BCUT2D eigenvalue weighted by molar-refractivity contribution is 7.15. The summed E-state index contributed by atoms with van der Waals surface area (Å²) in [5.74, 6) is 1.20. The predicted octanol–water partition coefficient (Wildman–Crippen LogP) is 5.18. The summed E-state index contributed by atoms with van der Waals surface area (Å²) in [7, 11) is 0. The van der Waals surface area contributed by atoms with E-state index in [0.717, 1.165) is 64.4 Å². The summed E-state index contributed by atoms with van der Waals surface area (Å²) in [6.07, 6.45) is 4.99. The maximum Gasteiger partial charge on any atom is 0.274 e.